The predicted molar refractivity (Wildman–Crippen MR) is 109 cm³/mol. The van der Waals surface area contributed by atoms with Crippen molar-refractivity contribution in [3.05, 3.63) is 64.4 Å². The first-order valence-electron chi connectivity index (χ1n) is 8.72. The predicted octanol–water partition coefficient (Wildman–Crippen LogP) is 3.22. The Balaban J connectivity index is 1.76. The second-order valence-electron chi connectivity index (χ2n) is 5.90. The summed E-state index contributed by atoms with van der Waals surface area (Å²) in [4.78, 5) is 43.9. The van der Waals surface area contributed by atoms with Crippen LogP contribution in [0.2, 0.25) is 0 Å². The van der Waals surface area contributed by atoms with Gasteiger partial charge in [-0.15, -0.1) is 0 Å². The standard InChI is InChI=1S/C20H19N3O4S/c1-3-27-19(26)14-9-5-7-11-16(14)21-17(24)12(2)28-20-22-15-10-6-4-8-13(15)18(25)23-20/h4-12H,3H2,1-2H3,(H,21,24)(H,22,23,25). The van der Waals surface area contributed by atoms with Crippen LogP contribution in [0.1, 0.15) is 24.2 Å². The zero-order valence-electron chi connectivity index (χ0n) is 15.4. The molecule has 28 heavy (non-hydrogen) atoms. The molecule has 1 amide bonds. The molecular weight excluding hydrogens is 378 g/mol. The minimum Gasteiger partial charge on any atom is -0.462 e. The molecule has 7 nitrogen and oxygen atoms in total. The number of nitrogens with zero attached hydrogens (tertiary/aromatic N) is 1. The molecule has 2 N–H and O–H groups in total. The van der Waals surface area contributed by atoms with Crippen LogP contribution in [0.5, 0.6) is 0 Å². The van der Waals surface area contributed by atoms with Gasteiger partial charge in [-0.25, -0.2) is 9.78 Å². The maximum Gasteiger partial charge on any atom is 0.340 e. The average Bonchev–Trinajstić information content (AvgIpc) is 2.68. The van der Waals surface area contributed by atoms with Crippen LogP contribution >= 0.6 is 11.8 Å². The molecule has 1 atom stereocenters. The quantitative estimate of drug-likeness (QED) is 0.376. The molecule has 0 aliphatic heterocycles. The van der Waals surface area contributed by atoms with Crippen LogP contribution in [-0.2, 0) is 9.53 Å². The van der Waals surface area contributed by atoms with E-state index in [4.69, 9.17) is 4.74 Å². The smallest absolute Gasteiger partial charge is 0.340 e. The summed E-state index contributed by atoms with van der Waals surface area (Å²) in [5, 5.41) is 3.03. The molecule has 1 aromatic heterocycles. The van der Waals surface area contributed by atoms with Gasteiger partial charge in [-0.3, -0.25) is 9.59 Å². The number of aromatic nitrogens is 2. The van der Waals surface area contributed by atoms with Gasteiger partial charge >= 0.3 is 5.97 Å². The highest BCUT2D eigenvalue weighted by Crippen LogP contribution is 2.23. The lowest BCUT2D eigenvalue weighted by Crippen LogP contribution is -2.24. The topological polar surface area (TPSA) is 101 Å². The molecule has 0 radical (unpaired) electrons. The molecule has 0 bridgehead atoms. The molecule has 1 heterocycles. The fourth-order valence-electron chi connectivity index (χ4n) is 2.56. The Labute approximate surface area is 165 Å². The van der Waals surface area contributed by atoms with E-state index < -0.39 is 11.2 Å². The van der Waals surface area contributed by atoms with E-state index in [1.807, 2.05) is 0 Å². The Morgan fingerprint density at radius 1 is 1.18 bits per heavy atom. The third-order valence-electron chi connectivity index (χ3n) is 3.93. The van der Waals surface area contributed by atoms with E-state index in [0.29, 0.717) is 21.7 Å². The number of amides is 1. The van der Waals surface area contributed by atoms with Crippen molar-refractivity contribution in [2.45, 2.75) is 24.3 Å². The van der Waals surface area contributed by atoms with Crippen LogP contribution < -0.4 is 10.9 Å². The monoisotopic (exact) mass is 397 g/mol. The summed E-state index contributed by atoms with van der Waals surface area (Å²) in [5.74, 6) is -0.822. The second kappa shape index (κ2) is 8.71. The van der Waals surface area contributed by atoms with Gasteiger partial charge < -0.3 is 15.0 Å². The molecule has 0 aliphatic rings. The van der Waals surface area contributed by atoms with Gasteiger partial charge in [-0.1, -0.05) is 36.0 Å². The van der Waals surface area contributed by atoms with Crippen molar-refractivity contribution >= 4 is 40.2 Å². The maximum atomic E-state index is 12.6. The summed E-state index contributed by atoms with van der Waals surface area (Å²) >= 11 is 1.13. The fraction of sp³-hybridized carbons (Fsp3) is 0.200. The number of anilines is 1. The van der Waals surface area contributed by atoms with Gasteiger partial charge in [-0.05, 0) is 38.1 Å². The van der Waals surface area contributed by atoms with Crippen molar-refractivity contribution in [1.82, 2.24) is 9.97 Å². The molecular formula is C20H19N3O4S. The lowest BCUT2D eigenvalue weighted by Gasteiger charge is -2.14. The van der Waals surface area contributed by atoms with Crippen LogP contribution in [-0.4, -0.2) is 33.7 Å². The molecule has 144 valence electrons. The number of aromatic amines is 1. The van der Waals surface area contributed by atoms with E-state index in [2.05, 4.69) is 15.3 Å². The number of carbonyl (C=O) groups is 2. The minimum atomic E-state index is -0.556. The van der Waals surface area contributed by atoms with E-state index in [1.54, 1.807) is 62.4 Å². The number of fused-ring (bicyclic) bond motifs is 1. The number of nitrogens with one attached hydrogen (secondary N) is 2. The second-order valence-corrected chi connectivity index (χ2v) is 7.23. The van der Waals surface area contributed by atoms with Gasteiger partial charge in [-0.2, -0.15) is 0 Å². The lowest BCUT2D eigenvalue weighted by molar-refractivity contribution is -0.115. The third kappa shape index (κ3) is 4.40. The highest BCUT2D eigenvalue weighted by Gasteiger charge is 2.19. The number of carbonyl (C=O) groups excluding carboxylic acids is 2. The van der Waals surface area contributed by atoms with Crippen molar-refractivity contribution in [2.24, 2.45) is 0 Å². The first-order valence-corrected chi connectivity index (χ1v) is 9.60. The molecule has 0 aliphatic carbocycles. The van der Waals surface area contributed by atoms with Crippen LogP contribution in [0.4, 0.5) is 5.69 Å². The highest BCUT2D eigenvalue weighted by molar-refractivity contribution is 8.00. The lowest BCUT2D eigenvalue weighted by atomic mass is 10.1. The number of H-pyrrole nitrogens is 1. The highest BCUT2D eigenvalue weighted by atomic mass is 32.2. The van der Waals surface area contributed by atoms with E-state index in [1.165, 1.54) is 0 Å². The summed E-state index contributed by atoms with van der Waals surface area (Å²) in [6.07, 6.45) is 0. The first-order chi connectivity index (χ1) is 13.5. The van der Waals surface area contributed by atoms with Gasteiger partial charge in [0, 0.05) is 0 Å². The number of ether oxygens (including phenoxy) is 1. The van der Waals surface area contributed by atoms with Gasteiger partial charge in [0.1, 0.15) is 0 Å². The number of para-hydroxylation sites is 2. The van der Waals surface area contributed by atoms with E-state index in [-0.39, 0.29) is 23.6 Å². The maximum absolute atomic E-state index is 12.6. The number of rotatable bonds is 6. The van der Waals surface area contributed by atoms with Crippen LogP contribution in [0, 0.1) is 0 Å². The Hall–Kier alpha value is -3.13. The molecule has 0 spiro atoms. The minimum absolute atomic E-state index is 0.244. The third-order valence-corrected chi connectivity index (χ3v) is 4.91. The fourth-order valence-corrected chi connectivity index (χ4v) is 3.36. The summed E-state index contributed by atoms with van der Waals surface area (Å²) in [5.41, 5.74) is 0.966. The largest absolute Gasteiger partial charge is 0.462 e. The van der Waals surface area contributed by atoms with Gasteiger partial charge in [0.25, 0.3) is 5.56 Å². The SMILES string of the molecule is CCOC(=O)c1ccccc1NC(=O)C(C)Sc1nc2ccccc2c(=O)[nH]1. The van der Waals surface area contributed by atoms with Crippen LogP contribution in [0.25, 0.3) is 10.9 Å². The molecule has 0 saturated heterocycles. The van der Waals surface area contributed by atoms with E-state index >= 15 is 0 Å². The molecule has 2 aromatic carbocycles. The Morgan fingerprint density at radius 2 is 1.89 bits per heavy atom. The molecule has 3 rings (SSSR count). The van der Waals surface area contributed by atoms with Crippen molar-refractivity contribution in [3.63, 3.8) is 0 Å². The number of thioether (sulfide) groups is 1. The number of hydrogen-bond acceptors (Lipinski definition) is 6. The number of hydrogen-bond donors (Lipinski definition) is 2. The molecule has 0 saturated carbocycles. The Kier molecular flexibility index (Phi) is 6.10. The molecule has 8 heteroatoms. The van der Waals surface area contributed by atoms with Crippen molar-refractivity contribution in [3.8, 4) is 0 Å². The van der Waals surface area contributed by atoms with E-state index in [0.717, 1.165) is 11.8 Å². The average molecular weight is 397 g/mol. The van der Waals surface area contributed by atoms with Crippen molar-refractivity contribution in [1.29, 1.82) is 0 Å². The first kappa shape index (κ1) is 19.6. The zero-order chi connectivity index (χ0) is 20.1. The van der Waals surface area contributed by atoms with E-state index in [9.17, 15) is 14.4 Å². The number of benzene rings is 2. The Bertz CT molecular complexity index is 1080. The van der Waals surface area contributed by atoms with Crippen molar-refractivity contribution < 1.29 is 14.3 Å². The van der Waals surface area contributed by atoms with Crippen molar-refractivity contribution in [2.75, 3.05) is 11.9 Å². The molecule has 1 unspecified atom stereocenters. The Morgan fingerprint density at radius 3 is 2.68 bits per heavy atom. The summed E-state index contributed by atoms with van der Waals surface area (Å²) in [6.45, 7) is 3.66. The summed E-state index contributed by atoms with van der Waals surface area (Å²) in [7, 11) is 0. The molecule has 3 aromatic rings. The van der Waals surface area contributed by atoms with Gasteiger partial charge in [0.05, 0.1) is 34.0 Å². The summed E-state index contributed by atoms with van der Waals surface area (Å²) < 4.78 is 5.02. The van der Waals surface area contributed by atoms with Crippen LogP contribution in [0.15, 0.2) is 58.5 Å². The van der Waals surface area contributed by atoms with Gasteiger partial charge in [0.15, 0.2) is 5.16 Å². The summed E-state index contributed by atoms with van der Waals surface area (Å²) in [6, 6.07) is 13.6. The number of esters is 1. The molecule has 0 fully saturated rings. The van der Waals surface area contributed by atoms with Crippen LogP contribution in [0.3, 0.4) is 0 Å². The zero-order valence-corrected chi connectivity index (χ0v) is 16.2. The normalized spacial score (nSPS) is 11.8. The van der Waals surface area contributed by atoms with Gasteiger partial charge in [0.2, 0.25) is 5.91 Å².